The van der Waals surface area contributed by atoms with Crippen LogP contribution < -0.4 is 8.80 Å². The molecule has 4 nitrogen and oxygen atoms in total. The molecule has 0 radical (unpaired) electrons. The van der Waals surface area contributed by atoms with Gasteiger partial charge in [0.15, 0.2) is 30.6 Å². The molecule has 0 saturated heterocycles. The maximum atomic E-state index is 13.0. The van der Waals surface area contributed by atoms with Gasteiger partial charge in [0.1, 0.15) is 0 Å². The van der Waals surface area contributed by atoms with E-state index in [4.69, 9.17) is 0 Å². The smallest absolute Gasteiger partial charge is 0.211 e. The van der Waals surface area contributed by atoms with Crippen LogP contribution in [0.25, 0.3) is 11.0 Å². The molecule has 0 spiro atoms. The quantitative estimate of drug-likeness (QED) is 0.410. The van der Waals surface area contributed by atoms with Crippen molar-refractivity contribution in [3.05, 3.63) is 95.6 Å². The summed E-state index contributed by atoms with van der Waals surface area (Å²) in [6.45, 7) is 0. The van der Waals surface area contributed by atoms with Crippen LogP contribution in [0.5, 0.6) is 0 Å². The summed E-state index contributed by atoms with van der Waals surface area (Å²) in [5.74, 6) is -0.214. The van der Waals surface area contributed by atoms with Gasteiger partial charge in [0, 0.05) is 47.5 Å². The van der Waals surface area contributed by atoms with Crippen molar-refractivity contribution in [1.29, 1.82) is 0 Å². The normalized spacial score (nSPS) is 13.2. The van der Waals surface area contributed by atoms with Gasteiger partial charge in [-0.05, 0) is 12.1 Å². The molecule has 0 atom stereocenters. The van der Waals surface area contributed by atoms with Crippen LogP contribution in [0.4, 0.5) is 0 Å². The predicted octanol–water partition coefficient (Wildman–Crippen LogP) is 1.94. The van der Waals surface area contributed by atoms with Gasteiger partial charge in [-0.2, -0.15) is 8.80 Å². The summed E-state index contributed by atoms with van der Waals surface area (Å²) in [6, 6.07) is 15.0. The minimum atomic E-state index is -0.115. The Hall–Kier alpha value is -3.40. The SMILES string of the molecule is O=C1c2cc3cccc[n+]3cc2C(=O)c2c[n+]3ccccc3cc21. The van der Waals surface area contributed by atoms with Crippen molar-refractivity contribution in [2.75, 3.05) is 0 Å². The van der Waals surface area contributed by atoms with Crippen LogP contribution in [0.1, 0.15) is 31.8 Å². The molecule has 112 valence electrons. The van der Waals surface area contributed by atoms with Gasteiger partial charge in [0.05, 0.1) is 11.1 Å². The molecule has 1 aliphatic rings. The van der Waals surface area contributed by atoms with Crippen LogP contribution in [-0.2, 0) is 0 Å². The second kappa shape index (κ2) is 4.55. The van der Waals surface area contributed by atoms with E-state index in [2.05, 4.69) is 0 Å². The first-order chi connectivity index (χ1) is 11.7. The number of nitrogens with zero attached hydrogens (tertiary/aromatic N) is 2. The van der Waals surface area contributed by atoms with E-state index in [0.29, 0.717) is 22.3 Å². The fourth-order valence-electron chi connectivity index (χ4n) is 3.31. The fourth-order valence-corrected chi connectivity index (χ4v) is 3.31. The Kier molecular flexibility index (Phi) is 2.48. The highest BCUT2D eigenvalue weighted by atomic mass is 16.1. The maximum absolute atomic E-state index is 13.0. The molecule has 1 aliphatic carbocycles. The highest BCUT2D eigenvalue weighted by Crippen LogP contribution is 2.26. The molecule has 0 amide bonds. The Morgan fingerprint density at radius 3 is 1.54 bits per heavy atom. The van der Waals surface area contributed by atoms with Gasteiger partial charge in [-0.1, -0.05) is 0 Å². The van der Waals surface area contributed by atoms with Gasteiger partial charge >= 0.3 is 0 Å². The van der Waals surface area contributed by atoms with Gasteiger partial charge < -0.3 is 0 Å². The molecule has 24 heavy (non-hydrogen) atoms. The number of aromatic nitrogens is 2. The molecule has 0 unspecified atom stereocenters. The van der Waals surface area contributed by atoms with Crippen molar-refractivity contribution in [1.82, 2.24) is 0 Å². The molecule has 0 saturated carbocycles. The van der Waals surface area contributed by atoms with Crippen molar-refractivity contribution < 1.29 is 18.4 Å². The molecular weight excluding hydrogens is 300 g/mol. The molecule has 0 fully saturated rings. The highest BCUT2D eigenvalue weighted by molar-refractivity contribution is 6.28. The Morgan fingerprint density at radius 2 is 1.04 bits per heavy atom. The summed E-state index contributed by atoms with van der Waals surface area (Å²) in [4.78, 5) is 25.9. The maximum Gasteiger partial charge on any atom is 0.211 e. The van der Waals surface area contributed by atoms with E-state index in [1.165, 1.54) is 0 Å². The average Bonchev–Trinajstić information content (AvgIpc) is 2.64. The van der Waals surface area contributed by atoms with Gasteiger partial charge in [0.25, 0.3) is 0 Å². The third kappa shape index (κ3) is 1.68. The molecule has 4 heterocycles. The number of carbonyl (C=O) groups is 2. The van der Waals surface area contributed by atoms with Gasteiger partial charge in [-0.25, -0.2) is 0 Å². The fraction of sp³-hybridized carbons (Fsp3) is 0. The molecule has 0 aliphatic heterocycles. The molecule has 4 aromatic heterocycles. The van der Waals surface area contributed by atoms with Crippen LogP contribution in [0, 0.1) is 0 Å². The lowest BCUT2D eigenvalue weighted by Crippen LogP contribution is -2.32. The largest absolute Gasteiger partial charge is 0.289 e. The van der Waals surface area contributed by atoms with Crippen molar-refractivity contribution in [2.45, 2.75) is 0 Å². The van der Waals surface area contributed by atoms with Gasteiger partial charge in [0.2, 0.25) is 16.8 Å². The Morgan fingerprint density at radius 1 is 0.583 bits per heavy atom. The van der Waals surface area contributed by atoms with Crippen molar-refractivity contribution in [3.63, 3.8) is 0 Å². The molecule has 0 N–H and O–H groups in total. The van der Waals surface area contributed by atoms with Crippen LogP contribution in [0.3, 0.4) is 0 Å². The first kappa shape index (κ1) is 13.1. The molecule has 4 aromatic rings. The number of fused-ring (bicyclic) bond motifs is 4. The molecular formula is C20H12N2O2+2. The van der Waals surface area contributed by atoms with Crippen molar-refractivity contribution in [2.24, 2.45) is 0 Å². The summed E-state index contributed by atoms with van der Waals surface area (Å²) >= 11 is 0. The number of hydrogen-bond donors (Lipinski definition) is 0. The van der Waals surface area contributed by atoms with Crippen molar-refractivity contribution in [3.8, 4) is 0 Å². The molecule has 4 heteroatoms. The van der Waals surface area contributed by atoms with Gasteiger partial charge in [-0.15, -0.1) is 0 Å². The van der Waals surface area contributed by atoms with E-state index in [0.717, 1.165) is 11.0 Å². The van der Waals surface area contributed by atoms with Crippen LogP contribution >= 0.6 is 0 Å². The zero-order valence-corrected chi connectivity index (χ0v) is 12.6. The summed E-state index contributed by atoms with van der Waals surface area (Å²) in [5, 5.41) is 0. The zero-order chi connectivity index (χ0) is 16.3. The first-order valence-electron chi connectivity index (χ1n) is 7.70. The highest BCUT2D eigenvalue weighted by Gasteiger charge is 2.34. The third-order valence-corrected chi connectivity index (χ3v) is 4.53. The first-order valence-corrected chi connectivity index (χ1v) is 7.70. The molecule has 5 rings (SSSR count). The van der Waals surface area contributed by atoms with E-state index in [-0.39, 0.29) is 11.6 Å². The van der Waals surface area contributed by atoms with Crippen LogP contribution in [0.15, 0.2) is 73.3 Å². The number of pyridine rings is 4. The van der Waals surface area contributed by atoms with E-state index >= 15 is 0 Å². The summed E-state index contributed by atoms with van der Waals surface area (Å²) < 4.78 is 3.73. The lowest BCUT2D eigenvalue weighted by atomic mass is 9.85. The Bertz CT molecular complexity index is 1010. The van der Waals surface area contributed by atoms with Crippen LogP contribution in [-0.4, -0.2) is 11.6 Å². The number of ketones is 2. The summed E-state index contributed by atoms with van der Waals surface area (Å²) in [6.07, 6.45) is 7.23. The van der Waals surface area contributed by atoms with E-state index in [1.54, 1.807) is 24.5 Å². The van der Waals surface area contributed by atoms with E-state index in [9.17, 15) is 9.59 Å². The Labute approximate surface area is 137 Å². The van der Waals surface area contributed by atoms with Gasteiger partial charge in [-0.3, -0.25) is 9.59 Å². The standard InChI is InChI=1S/C20H12N2O2/c23-19-15-9-13-5-1-3-7-21(13)11-17(15)20(24)18-12-22-8-4-2-6-14(22)10-16(18)19/h1-12H/q+2. The predicted molar refractivity (Wildman–Crippen MR) is 86.1 cm³/mol. The second-order valence-corrected chi connectivity index (χ2v) is 5.93. The lowest BCUT2D eigenvalue weighted by Gasteiger charge is -2.14. The number of hydrogen-bond acceptors (Lipinski definition) is 2. The molecule has 0 aromatic carbocycles. The lowest BCUT2D eigenvalue weighted by molar-refractivity contribution is -0.512. The summed E-state index contributed by atoms with van der Waals surface area (Å²) in [7, 11) is 0. The van der Waals surface area contributed by atoms with Crippen molar-refractivity contribution >= 4 is 22.6 Å². The van der Waals surface area contributed by atoms with Crippen LogP contribution in [0.2, 0.25) is 0 Å². The average molecular weight is 312 g/mol. The minimum Gasteiger partial charge on any atom is -0.289 e. The molecule has 0 bridgehead atoms. The topological polar surface area (TPSA) is 42.3 Å². The zero-order valence-electron chi connectivity index (χ0n) is 12.6. The minimum absolute atomic E-state index is 0.0997. The third-order valence-electron chi connectivity index (χ3n) is 4.53. The monoisotopic (exact) mass is 312 g/mol. The van der Waals surface area contributed by atoms with E-state index < -0.39 is 0 Å². The number of rotatable bonds is 0. The van der Waals surface area contributed by atoms with E-state index in [1.807, 2.05) is 57.6 Å². The Balaban J connectivity index is 1.84. The number of carbonyl (C=O) groups excluding carboxylic acids is 2. The second-order valence-electron chi connectivity index (χ2n) is 5.93. The summed E-state index contributed by atoms with van der Waals surface area (Å²) in [5.41, 5.74) is 3.61.